The Morgan fingerprint density at radius 1 is 0.882 bits per heavy atom. The Morgan fingerprint density at radius 2 is 1.59 bits per heavy atom. The first-order chi connectivity index (χ1) is 15.7. The molecular formula is C32H52O2. The van der Waals surface area contributed by atoms with E-state index in [-0.39, 0.29) is 17.5 Å². The molecule has 34 heavy (non-hydrogen) atoms. The van der Waals surface area contributed by atoms with Crippen LogP contribution in [-0.4, -0.2) is 12.1 Å². The molecule has 0 aromatic rings. The molecule has 0 bridgehead atoms. The lowest BCUT2D eigenvalue weighted by Crippen LogP contribution is -2.65. The van der Waals surface area contributed by atoms with Crippen molar-refractivity contribution in [3.63, 3.8) is 0 Å². The van der Waals surface area contributed by atoms with Crippen LogP contribution in [0.5, 0.6) is 0 Å². The van der Waals surface area contributed by atoms with Crippen molar-refractivity contribution < 1.29 is 9.53 Å². The summed E-state index contributed by atoms with van der Waals surface area (Å²) in [6.07, 6.45) is 14.6. The summed E-state index contributed by atoms with van der Waals surface area (Å²) in [5.74, 6) is 3.66. The van der Waals surface area contributed by atoms with E-state index in [0.29, 0.717) is 27.6 Å². The Kier molecular flexibility index (Phi) is 5.57. The van der Waals surface area contributed by atoms with Crippen LogP contribution in [0, 0.1) is 56.7 Å². The second-order valence-electron chi connectivity index (χ2n) is 15.3. The van der Waals surface area contributed by atoms with Crippen LogP contribution in [-0.2, 0) is 9.53 Å². The number of esters is 1. The second kappa shape index (κ2) is 7.61. The lowest BCUT2D eigenvalue weighted by atomic mass is 9.33. The van der Waals surface area contributed by atoms with E-state index in [4.69, 9.17) is 4.74 Å². The number of fused-ring (bicyclic) bond motifs is 7. The lowest BCUT2D eigenvalue weighted by molar-refractivity contribution is -0.212. The van der Waals surface area contributed by atoms with E-state index in [9.17, 15) is 4.79 Å². The molecule has 5 aliphatic carbocycles. The highest BCUT2D eigenvalue weighted by Gasteiger charge is 2.68. The smallest absolute Gasteiger partial charge is 0.302 e. The van der Waals surface area contributed by atoms with Crippen molar-refractivity contribution in [2.75, 3.05) is 0 Å². The minimum absolute atomic E-state index is 0.0450. The Bertz CT molecular complexity index is 885. The SMILES string of the molecule is CC(=O)O[C@@H]1CC[C@@]2(C)[C@@H](CC[C@@]3(C)[C@H]2CC=C2[C@@H]4[C@H](C)[C@H](C)CC[C@@]4(C)CC[C@]23C)C1(C)C. The minimum atomic E-state index is -0.110. The Hall–Kier alpha value is -0.790. The average Bonchev–Trinajstić information content (AvgIpc) is 2.74. The number of hydrogen-bond donors (Lipinski definition) is 0. The fourth-order valence-corrected chi connectivity index (χ4v) is 11.2. The lowest BCUT2D eigenvalue weighted by Gasteiger charge is -2.71. The van der Waals surface area contributed by atoms with Crippen molar-refractivity contribution in [1.29, 1.82) is 0 Å². The number of hydrogen-bond acceptors (Lipinski definition) is 2. The molecular weight excluding hydrogens is 416 g/mol. The molecule has 0 aromatic heterocycles. The van der Waals surface area contributed by atoms with Gasteiger partial charge in [-0.05, 0) is 109 Å². The highest BCUT2D eigenvalue weighted by molar-refractivity contribution is 5.66. The van der Waals surface area contributed by atoms with E-state index in [1.165, 1.54) is 51.4 Å². The van der Waals surface area contributed by atoms with Crippen LogP contribution >= 0.6 is 0 Å². The van der Waals surface area contributed by atoms with Crippen molar-refractivity contribution in [3.8, 4) is 0 Å². The predicted octanol–water partition coefficient (Wildman–Crippen LogP) is 8.60. The summed E-state index contributed by atoms with van der Waals surface area (Å²) < 4.78 is 5.91. The zero-order valence-electron chi connectivity index (χ0n) is 23.7. The van der Waals surface area contributed by atoms with Gasteiger partial charge >= 0.3 is 5.97 Å². The first-order valence-electron chi connectivity index (χ1n) is 14.6. The molecule has 5 rings (SSSR count). The third-order valence-corrected chi connectivity index (χ3v) is 13.6. The van der Waals surface area contributed by atoms with E-state index in [1.54, 1.807) is 6.92 Å². The molecule has 0 aromatic carbocycles. The van der Waals surface area contributed by atoms with Crippen LogP contribution < -0.4 is 0 Å². The molecule has 2 nitrogen and oxygen atoms in total. The maximum absolute atomic E-state index is 11.9. The molecule has 10 atom stereocenters. The zero-order chi connectivity index (χ0) is 24.9. The van der Waals surface area contributed by atoms with E-state index < -0.39 is 0 Å². The number of carbonyl (C=O) groups is 1. The van der Waals surface area contributed by atoms with Crippen molar-refractivity contribution in [3.05, 3.63) is 11.6 Å². The topological polar surface area (TPSA) is 26.3 Å². The molecule has 5 aliphatic rings. The molecule has 0 radical (unpaired) electrons. The summed E-state index contributed by atoms with van der Waals surface area (Å²) in [5, 5.41) is 0. The van der Waals surface area contributed by atoms with Gasteiger partial charge in [-0.15, -0.1) is 0 Å². The second-order valence-corrected chi connectivity index (χ2v) is 15.3. The molecule has 192 valence electrons. The zero-order valence-corrected chi connectivity index (χ0v) is 23.7. The summed E-state index contributed by atoms with van der Waals surface area (Å²) in [6, 6.07) is 0. The van der Waals surface area contributed by atoms with Crippen molar-refractivity contribution in [2.24, 2.45) is 56.7 Å². The Labute approximate surface area is 210 Å². The number of ether oxygens (including phenoxy) is 1. The average molecular weight is 469 g/mol. The maximum atomic E-state index is 11.9. The van der Waals surface area contributed by atoms with E-state index >= 15 is 0 Å². The molecule has 0 amide bonds. The highest BCUT2D eigenvalue weighted by atomic mass is 16.5. The summed E-state index contributed by atoms with van der Waals surface area (Å²) in [6.45, 7) is 22.1. The first-order valence-corrected chi connectivity index (χ1v) is 14.6. The summed E-state index contributed by atoms with van der Waals surface area (Å²) in [7, 11) is 0. The molecule has 0 N–H and O–H groups in total. The van der Waals surface area contributed by atoms with Gasteiger partial charge in [0.05, 0.1) is 0 Å². The van der Waals surface area contributed by atoms with Gasteiger partial charge < -0.3 is 4.74 Å². The maximum Gasteiger partial charge on any atom is 0.302 e. The van der Waals surface area contributed by atoms with Gasteiger partial charge in [0.25, 0.3) is 0 Å². The van der Waals surface area contributed by atoms with Gasteiger partial charge in [0.15, 0.2) is 0 Å². The number of allylic oxidation sites excluding steroid dienone is 2. The molecule has 4 saturated carbocycles. The standard InChI is InChI=1S/C32H52O2/c1-20-12-15-29(6)18-19-31(8)23(27(29)21(20)2)10-11-25-30(7)16-14-26(34-22(3)33)28(4,5)24(30)13-17-32(25,31)9/h10,20-21,24-27H,11-19H2,1-9H3/t20-,21-,24+,25+,26-,27+,29+,30+,31-,32+/m1/s1. The number of rotatable bonds is 1. The van der Waals surface area contributed by atoms with E-state index in [2.05, 4.69) is 61.5 Å². The first kappa shape index (κ1) is 24.9. The molecule has 0 aliphatic heterocycles. The van der Waals surface area contributed by atoms with Crippen molar-refractivity contribution >= 4 is 5.97 Å². The Balaban J connectivity index is 1.54. The van der Waals surface area contributed by atoms with Gasteiger partial charge in [0.1, 0.15) is 6.10 Å². The molecule has 0 unspecified atom stereocenters. The van der Waals surface area contributed by atoms with Crippen LogP contribution in [0.4, 0.5) is 0 Å². The third-order valence-electron chi connectivity index (χ3n) is 13.6. The van der Waals surface area contributed by atoms with Crippen LogP contribution in [0.2, 0.25) is 0 Å². The van der Waals surface area contributed by atoms with Crippen molar-refractivity contribution in [1.82, 2.24) is 0 Å². The van der Waals surface area contributed by atoms with E-state index in [0.717, 1.165) is 30.1 Å². The summed E-state index contributed by atoms with van der Waals surface area (Å²) >= 11 is 0. The van der Waals surface area contributed by atoms with Gasteiger partial charge in [-0.3, -0.25) is 4.79 Å². The molecule has 0 spiro atoms. The minimum Gasteiger partial charge on any atom is -0.462 e. The van der Waals surface area contributed by atoms with Gasteiger partial charge in [-0.25, -0.2) is 0 Å². The van der Waals surface area contributed by atoms with Crippen molar-refractivity contribution in [2.45, 2.75) is 126 Å². The molecule has 0 heterocycles. The quantitative estimate of drug-likeness (QED) is 0.284. The van der Waals surface area contributed by atoms with Gasteiger partial charge in [-0.2, -0.15) is 0 Å². The molecule has 4 fully saturated rings. The van der Waals surface area contributed by atoms with Gasteiger partial charge in [-0.1, -0.05) is 67.0 Å². The fraction of sp³-hybridized carbons (Fsp3) is 0.906. The fourth-order valence-electron chi connectivity index (χ4n) is 11.2. The molecule has 0 saturated heterocycles. The van der Waals surface area contributed by atoms with Crippen LogP contribution in [0.15, 0.2) is 11.6 Å². The van der Waals surface area contributed by atoms with Crippen LogP contribution in [0.3, 0.4) is 0 Å². The predicted molar refractivity (Wildman–Crippen MR) is 140 cm³/mol. The van der Waals surface area contributed by atoms with Gasteiger partial charge in [0.2, 0.25) is 0 Å². The monoisotopic (exact) mass is 468 g/mol. The largest absolute Gasteiger partial charge is 0.462 e. The molecule has 2 heteroatoms. The normalized spacial score (nSPS) is 54.0. The Morgan fingerprint density at radius 3 is 2.26 bits per heavy atom. The third kappa shape index (κ3) is 3.08. The van der Waals surface area contributed by atoms with Crippen LogP contribution in [0.1, 0.15) is 120 Å². The summed E-state index contributed by atoms with van der Waals surface area (Å²) in [4.78, 5) is 11.9. The van der Waals surface area contributed by atoms with Crippen LogP contribution in [0.25, 0.3) is 0 Å². The van der Waals surface area contributed by atoms with E-state index in [1.807, 2.05) is 5.57 Å². The van der Waals surface area contributed by atoms with Gasteiger partial charge in [0, 0.05) is 12.3 Å². The highest BCUT2D eigenvalue weighted by Crippen LogP contribution is 2.75. The summed E-state index contributed by atoms with van der Waals surface area (Å²) in [5.41, 5.74) is 3.44. The number of carbonyl (C=O) groups excluding carboxylic acids is 1.